The van der Waals surface area contributed by atoms with Gasteiger partial charge in [0, 0.05) is 13.1 Å². The molecule has 0 aromatic rings. The van der Waals surface area contributed by atoms with E-state index in [4.69, 9.17) is 4.74 Å². The Kier molecular flexibility index (Phi) is 3.41. The maximum absolute atomic E-state index is 11.2. The van der Waals surface area contributed by atoms with Gasteiger partial charge in [0.1, 0.15) is 0 Å². The maximum atomic E-state index is 11.2. The average molecular weight is 215 g/mol. The minimum Gasteiger partial charge on any atom is -0.468 e. The first-order chi connectivity index (χ1) is 6.74. The minimum atomic E-state index is -0.213. The first-order valence-corrected chi connectivity index (χ1v) is 5.23. The number of hydrogen-bond donors (Lipinski definition) is 0. The van der Waals surface area contributed by atoms with Gasteiger partial charge in [-0.05, 0) is 27.7 Å². The molecule has 88 valence electrons. The lowest BCUT2D eigenvalue weighted by Crippen LogP contribution is -2.58. The van der Waals surface area contributed by atoms with Crippen molar-refractivity contribution in [2.24, 2.45) is 0 Å². The third kappa shape index (κ3) is 3.80. The van der Waals surface area contributed by atoms with Gasteiger partial charge in [-0.3, -0.25) is 9.69 Å². The Hall–Kier alpha value is -0.610. The number of morpholine rings is 1. The molecule has 0 N–H and O–H groups in total. The Morgan fingerprint density at radius 3 is 2.13 bits per heavy atom. The van der Waals surface area contributed by atoms with Crippen LogP contribution in [0.2, 0.25) is 0 Å². The van der Waals surface area contributed by atoms with Crippen molar-refractivity contribution in [2.75, 3.05) is 26.7 Å². The summed E-state index contributed by atoms with van der Waals surface area (Å²) in [6.07, 6.45) is 0. The summed E-state index contributed by atoms with van der Waals surface area (Å²) < 4.78 is 10.6. The highest BCUT2D eigenvalue weighted by atomic mass is 16.5. The van der Waals surface area contributed by atoms with Crippen LogP contribution in [0, 0.1) is 0 Å². The Morgan fingerprint density at radius 2 is 1.73 bits per heavy atom. The van der Waals surface area contributed by atoms with E-state index in [9.17, 15) is 4.79 Å². The molecule has 0 amide bonds. The van der Waals surface area contributed by atoms with E-state index in [0.29, 0.717) is 6.54 Å². The first kappa shape index (κ1) is 12.5. The highest BCUT2D eigenvalue weighted by Gasteiger charge is 2.38. The van der Waals surface area contributed by atoms with Crippen LogP contribution in [0.1, 0.15) is 27.7 Å². The molecular weight excluding hydrogens is 194 g/mol. The number of methoxy groups -OCH3 is 1. The molecule has 0 atom stereocenters. The lowest BCUT2D eigenvalue weighted by Gasteiger charge is -2.46. The zero-order valence-electron chi connectivity index (χ0n) is 10.3. The zero-order valence-corrected chi connectivity index (χ0v) is 10.3. The highest BCUT2D eigenvalue weighted by molar-refractivity contribution is 5.71. The maximum Gasteiger partial charge on any atom is 0.319 e. The summed E-state index contributed by atoms with van der Waals surface area (Å²) in [4.78, 5) is 13.3. The number of nitrogens with zero attached hydrogens (tertiary/aromatic N) is 1. The van der Waals surface area contributed by atoms with Gasteiger partial charge in [-0.25, -0.2) is 0 Å². The van der Waals surface area contributed by atoms with Crippen LogP contribution in [0.25, 0.3) is 0 Å². The largest absolute Gasteiger partial charge is 0.468 e. The van der Waals surface area contributed by atoms with Crippen molar-refractivity contribution >= 4 is 5.97 Å². The summed E-state index contributed by atoms with van der Waals surface area (Å²) in [5.74, 6) is -0.191. The van der Waals surface area contributed by atoms with Crippen molar-refractivity contribution in [2.45, 2.75) is 38.9 Å². The topological polar surface area (TPSA) is 38.8 Å². The fraction of sp³-hybridized carbons (Fsp3) is 0.909. The van der Waals surface area contributed by atoms with Crippen LogP contribution in [0.3, 0.4) is 0 Å². The molecule has 0 radical (unpaired) electrons. The number of hydrogen-bond acceptors (Lipinski definition) is 4. The van der Waals surface area contributed by atoms with E-state index in [-0.39, 0.29) is 17.2 Å². The molecule has 4 nitrogen and oxygen atoms in total. The molecule has 0 spiro atoms. The third-order valence-corrected chi connectivity index (χ3v) is 2.34. The molecule has 15 heavy (non-hydrogen) atoms. The highest BCUT2D eigenvalue weighted by Crippen LogP contribution is 2.27. The molecule has 1 rings (SSSR count). The second-order valence-electron chi connectivity index (χ2n) is 5.34. The normalized spacial score (nSPS) is 24.9. The van der Waals surface area contributed by atoms with Crippen LogP contribution in [0.15, 0.2) is 0 Å². The van der Waals surface area contributed by atoms with Crippen LogP contribution in [-0.2, 0) is 14.3 Å². The number of carbonyl (C=O) groups excluding carboxylic acids is 1. The van der Waals surface area contributed by atoms with Crippen LogP contribution >= 0.6 is 0 Å². The number of ether oxygens (including phenoxy) is 2. The van der Waals surface area contributed by atoms with E-state index >= 15 is 0 Å². The molecule has 0 aromatic heterocycles. The van der Waals surface area contributed by atoms with Gasteiger partial charge < -0.3 is 9.47 Å². The van der Waals surface area contributed by atoms with Gasteiger partial charge in [0.05, 0.1) is 24.9 Å². The van der Waals surface area contributed by atoms with E-state index in [0.717, 1.165) is 13.1 Å². The molecule has 0 aromatic carbocycles. The molecule has 1 saturated heterocycles. The number of carbonyl (C=O) groups is 1. The van der Waals surface area contributed by atoms with Crippen molar-refractivity contribution < 1.29 is 14.3 Å². The smallest absolute Gasteiger partial charge is 0.319 e. The lowest BCUT2D eigenvalue weighted by molar-refractivity contribution is -0.184. The van der Waals surface area contributed by atoms with Crippen LogP contribution < -0.4 is 0 Å². The van der Waals surface area contributed by atoms with Gasteiger partial charge in [-0.2, -0.15) is 0 Å². The average Bonchev–Trinajstić information content (AvgIpc) is 1.97. The van der Waals surface area contributed by atoms with E-state index in [1.165, 1.54) is 7.11 Å². The molecule has 1 aliphatic rings. The summed E-state index contributed by atoms with van der Waals surface area (Å²) >= 11 is 0. The fourth-order valence-electron chi connectivity index (χ4n) is 2.30. The molecule has 0 saturated carbocycles. The zero-order chi connectivity index (χ0) is 11.7. The predicted octanol–water partition coefficient (Wildman–Crippen LogP) is 1.05. The molecule has 4 heteroatoms. The Balaban J connectivity index is 2.63. The van der Waals surface area contributed by atoms with Gasteiger partial charge in [0.2, 0.25) is 0 Å². The number of rotatable bonds is 2. The van der Waals surface area contributed by atoms with Gasteiger partial charge in [0.25, 0.3) is 0 Å². The second kappa shape index (κ2) is 4.10. The summed E-state index contributed by atoms with van der Waals surface area (Å²) in [5.41, 5.74) is -0.425. The molecular formula is C11H21NO3. The van der Waals surface area contributed by atoms with Crippen molar-refractivity contribution in [3.05, 3.63) is 0 Å². The Bertz CT molecular complexity index is 232. The van der Waals surface area contributed by atoms with Crippen LogP contribution in [0.5, 0.6) is 0 Å². The van der Waals surface area contributed by atoms with Crippen molar-refractivity contribution in [3.8, 4) is 0 Å². The van der Waals surface area contributed by atoms with E-state index in [2.05, 4.69) is 9.64 Å². The molecule has 0 unspecified atom stereocenters. The van der Waals surface area contributed by atoms with Gasteiger partial charge in [-0.1, -0.05) is 0 Å². The van der Waals surface area contributed by atoms with Crippen LogP contribution in [0.4, 0.5) is 0 Å². The van der Waals surface area contributed by atoms with E-state index in [1.54, 1.807) is 0 Å². The second-order valence-corrected chi connectivity index (χ2v) is 5.34. The molecule has 1 fully saturated rings. The Labute approximate surface area is 91.5 Å². The standard InChI is InChI=1S/C11H21NO3/c1-10(2)7-12(6-9(13)14-5)8-11(3,4)15-10/h6-8H2,1-5H3. The van der Waals surface area contributed by atoms with Gasteiger partial charge >= 0.3 is 5.97 Å². The minimum absolute atomic E-state index is 0.191. The Morgan fingerprint density at radius 1 is 1.27 bits per heavy atom. The van der Waals surface area contributed by atoms with Crippen LogP contribution in [-0.4, -0.2) is 48.8 Å². The van der Waals surface area contributed by atoms with E-state index in [1.807, 2.05) is 27.7 Å². The third-order valence-electron chi connectivity index (χ3n) is 2.34. The molecule has 0 aliphatic carbocycles. The van der Waals surface area contributed by atoms with E-state index < -0.39 is 0 Å². The first-order valence-electron chi connectivity index (χ1n) is 5.23. The quantitative estimate of drug-likeness (QED) is 0.645. The summed E-state index contributed by atoms with van der Waals surface area (Å²) in [6.45, 7) is 10.0. The molecule has 0 bridgehead atoms. The summed E-state index contributed by atoms with van der Waals surface area (Å²) in [5, 5.41) is 0. The summed E-state index contributed by atoms with van der Waals surface area (Å²) in [7, 11) is 1.42. The fourth-order valence-corrected chi connectivity index (χ4v) is 2.30. The molecule has 1 heterocycles. The molecule has 1 aliphatic heterocycles. The predicted molar refractivity (Wildman–Crippen MR) is 57.7 cm³/mol. The van der Waals surface area contributed by atoms with Gasteiger partial charge in [-0.15, -0.1) is 0 Å². The van der Waals surface area contributed by atoms with Crippen molar-refractivity contribution in [1.82, 2.24) is 4.90 Å². The SMILES string of the molecule is COC(=O)CN1CC(C)(C)OC(C)(C)C1. The summed E-state index contributed by atoms with van der Waals surface area (Å²) in [6, 6.07) is 0. The lowest BCUT2D eigenvalue weighted by atomic mass is 9.99. The van der Waals surface area contributed by atoms with Crippen molar-refractivity contribution in [3.63, 3.8) is 0 Å². The van der Waals surface area contributed by atoms with Gasteiger partial charge in [0.15, 0.2) is 0 Å². The monoisotopic (exact) mass is 215 g/mol. The number of esters is 1. The van der Waals surface area contributed by atoms with Crippen molar-refractivity contribution in [1.29, 1.82) is 0 Å².